The SMILES string of the molecule is CC/C=C/C=C/C=C/CCCCCCCCC(O)C(=O)NC(COC1OC(CO)C(O)C(O)C1OC(=O)CCCCCCCCCCCCCCC/C=C\C/C=C\CCCCC)C(O)/C=C/CCCCCCCCCCCCC. The maximum atomic E-state index is 13.4. The van der Waals surface area contributed by atoms with Crippen molar-refractivity contribution in [2.75, 3.05) is 13.2 Å². The highest BCUT2D eigenvalue weighted by molar-refractivity contribution is 5.80. The van der Waals surface area contributed by atoms with E-state index >= 15 is 0 Å². The van der Waals surface area contributed by atoms with E-state index in [1.807, 2.05) is 12.2 Å². The number of amides is 1. The molecule has 1 rings (SSSR count). The van der Waals surface area contributed by atoms with Crippen LogP contribution in [0, 0.1) is 0 Å². The van der Waals surface area contributed by atoms with E-state index in [1.54, 1.807) is 6.08 Å². The smallest absolute Gasteiger partial charge is 0.306 e. The Kier molecular flexibility index (Phi) is 52.2. The van der Waals surface area contributed by atoms with Gasteiger partial charge in [0.05, 0.1) is 25.4 Å². The second-order valence-electron chi connectivity index (χ2n) is 22.5. The van der Waals surface area contributed by atoms with Crippen LogP contribution in [-0.2, 0) is 23.8 Å². The summed E-state index contributed by atoms with van der Waals surface area (Å²) in [6, 6.07) is -1.03. The number of hydrogen-bond acceptors (Lipinski definition) is 10. The van der Waals surface area contributed by atoms with Crippen molar-refractivity contribution < 1.29 is 49.3 Å². The van der Waals surface area contributed by atoms with Crippen LogP contribution in [0.3, 0.4) is 0 Å². The van der Waals surface area contributed by atoms with Crippen molar-refractivity contribution >= 4 is 11.9 Å². The Bertz CT molecular complexity index is 1560. The Morgan fingerprint density at radius 1 is 0.519 bits per heavy atom. The van der Waals surface area contributed by atoms with Crippen molar-refractivity contribution in [3.8, 4) is 0 Å². The van der Waals surface area contributed by atoms with E-state index in [0.29, 0.717) is 12.8 Å². The molecular formula is C68H121NO10. The van der Waals surface area contributed by atoms with Crippen LogP contribution in [0.1, 0.15) is 284 Å². The molecule has 0 saturated carbocycles. The molecule has 11 nitrogen and oxygen atoms in total. The molecular weight excluding hydrogens is 991 g/mol. The Morgan fingerprint density at radius 2 is 0.962 bits per heavy atom. The van der Waals surface area contributed by atoms with Gasteiger partial charge in [-0.1, -0.05) is 273 Å². The van der Waals surface area contributed by atoms with Gasteiger partial charge in [-0.3, -0.25) is 9.59 Å². The van der Waals surface area contributed by atoms with Crippen molar-refractivity contribution in [3.05, 3.63) is 72.9 Å². The molecule has 0 aliphatic carbocycles. The summed E-state index contributed by atoms with van der Waals surface area (Å²) in [6.07, 6.45) is 60.8. The summed E-state index contributed by atoms with van der Waals surface area (Å²) in [5.41, 5.74) is 0. The third-order valence-corrected chi connectivity index (χ3v) is 15.2. The van der Waals surface area contributed by atoms with E-state index in [4.69, 9.17) is 14.2 Å². The molecule has 6 N–H and O–H groups in total. The molecule has 1 aliphatic heterocycles. The van der Waals surface area contributed by atoms with Gasteiger partial charge in [-0.2, -0.15) is 0 Å². The van der Waals surface area contributed by atoms with Gasteiger partial charge in [0.2, 0.25) is 5.91 Å². The fourth-order valence-electron chi connectivity index (χ4n) is 9.98. The Balaban J connectivity index is 2.62. The lowest BCUT2D eigenvalue weighted by atomic mass is 9.99. The number of aliphatic hydroxyl groups excluding tert-OH is 5. The summed E-state index contributed by atoms with van der Waals surface area (Å²) in [5, 5.41) is 57.0. The Morgan fingerprint density at radius 3 is 1.48 bits per heavy atom. The lowest BCUT2D eigenvalue weighted by Gasteiger charge is -2.41. The van der Waals surface area contributed by atoms with Crippen LogP contribution in [0.15, 0.2) is 72.9 Å². The predicted molar refractivity (Wildman–Crippen MR) is 329 cm³/mol. The zero-order valence-corrected chi connectivity index (χ0v) is 50.7. The topological polar surface area (TPSA) is 175 Å². The largest absolute Gasteiger partial charge is 0.454 e. The zero-order valence-electron chi connectivity index (χ0n) is 50.7. The third kappa shape index (κ3) is 43.5. The summed E-state index contributed by atoms with van der Waals surface area (Å²) in [6.45, 7) is 5.64. The molecule has 0 aromatic heterocycles. The number of carbonyl (C=O) groups excluding carboxylic acids is 2. The number of aliphatic hydroxyl groups is 5. The first-order valence-electron chi connectivity index (χ1n) is 32.7. The molecule has 1 amide bonds. The first-order chi connectivity index (χ1) is 38.7. The molecule has 0 aromatic rings. The highest BCUT2D eigenvalue weighted by Gasteiger charge is 2.47. The molecule has 1 aliphatic rings. The maximum Gasteiger partial charge on any atom is 0.306 e. The molecule has 8 atom stereocenters. The molecule has 11 heteroatoms. The minimum Gasteiger partial charge on any atom is -0.454 e. The Labute approximate surface area is 483 Å². The van der Waals surface area contributed by atoms with Crippen molar-refractivity contribution in [3.63, 3.8) is 0 Å². The molecule has 0 spiro atoms. The quantitative estimate of drug-likeness (QED) is 0.0149. The Hall–Kier alpha value is -2.90. The minimum atomic E-state index is -1.62. The minimum absolute atomic E-state index is 0.120. The van der Waals surface area contributed by atoms with E-state index < -0.39 is 67.4 Å². The molecule has 0 radical (unpaired) electrons. The van der Waals surface area contributed by atoms with Crippen LogP contribution in [0.4, 0.5) is 0 Å². The molecule has 8 unspecified atom stereocenters. The van der Waals surface area contributed by atoms with Crippen molar-refractivity contribution in [2.24, 2.45) is 0 Å². The average molecular weight is 1110 g/mol. The maximum absolute atomic E-state index is 13.4. The van der Waals surface area contributed by atoms with Gasteiger partial charge in [0, 0.05) is 6.42 Å². The summed E-state index contributed by atoms with van der Waals surface area (Å²) in [5.74, 6) is -1.20. The number of hydrogen-bond donors (Lipinski definition) is 6. The van der Waals surface area contributed by atoms with E-state index in [-0.39, 0.29) is 19.4 Å². The van der Waals surface area contributed by atoms with Crippen LogP contribution in [0.25, 0.3) is 0 Å². The van der Waals surface area contributed by atoms with Gasteiger partial charge < -0.3 is 45.1 Å². The molecule has 1 heterocycles. The highest BCUT2D eigenvalue weighted by atomic mass is 16.7. The molecule has 0 aromatic carbocycles. The first-order valence-corrected chi connectivity index (χ1v) is 32.7. The van der Waals surface area contributed by atoms with Crippen LogP contribution in [0.5, 0.6) is 0 Å². The van der Waals surface area contributed by atoms with E-state index in [9.17, 15) is 35.1 Å². The second-order valence-corrected chi connectivity index (χ2v) is 22.5. The summed E-state index contributed by atoms with van der Waals surface area (Å²) < 4.78 is 17.7. The van der Waals surface area contributed by atoms with Gasteiger partial charge >= 0.3 is 5.97 Å². The van der Waals surface area contributed by atoms with Gasteiger partial charge in [0.15, 0.2) is 12.4 Å². The van der Waals surface area contributed by atoms with Gasteiger partial charge in [-0.05, 0) is 77.0 Å². The second kappa shape index (κ2) is 55.6. The fraction of sp³-hybridized carbons (Fsp3) is 0.794. The van der Waals surface area contributed by atoms with Gasteiger partial charge in [-0.25, -0.2) is 0 Å². The zero-order chi connectivity index (χ0) is 57.5. The van der Waals surface area contributed by atoms with Crippen LogP contribution in [0.2, 0.25) is 0 Å². The number of esters is 1. The third-order valence-electron chi connectivity index (χ3n) is 15.2. The number of rotatable bonds is 55. The fourth-order valence-corrected chi connectivity index (χ4v) is 9.98. The van der Waals surface area contributed by atoms with Crippen LogP contribution >= 0.6 is 0 Å². The van der Waals surface area contributed by atoms with Crippen LogP contribution < -0.4 is 5.32 Å². The number of nitrogens with one attached hydrogen (secondary N) is 1. The number of ether oxygens (including phenoxy) is 3. The summed E-state index contributed by atoms with van der Waals surface area (Å²) in [4.78, 5) is 26.6. The van der Waals surface area contributed by atoms with Gasteiger partial charge in [0.25, 0.3) is 0 Å². The normalized spacial score (nSPS) is 19.3. The van der Waals surface area contributed by atoms with E-state index in [0.717, 1.165) is 89.9 Å². The summed E-state index contributed by atoms with van der Waals surface area (Å²) >= 11 is 0. The van der Waals surface area contributed by atoms with Crippen LogP contribution in [-0.4, -0.2) is 99.6 Å². The van der Waals surface area contributed by atoms with Crippen molar-refractivity contribution in [1.29, 1.82) is 0 Å². The van der Waals surface area contributed by atoms with E-state index in [1.165, 1.54) is 148 Å². The van der Waals surface area contributed by atoms with Gasteiger partial charge in [-0.15, -0.1) is 0 Å². The summed E-state index contributed by atoms with van der Waals surface area (Å²) in [7, 11) is 0. The monoisotopic (exact) mass is 1110 g/mol. The predicted octanol–water partition coefficient (Wildman–Crippen LogP) is 16.0. The number of carbonyl (C=O) groups is 2. The lowest BCUT2D eigenvalue weighted by Crippen LogP contribution is -2.61. The highest BCUT2D eigenvalue weighted by Crippen LogP contribution is 2.26. The molecule has 1 fully saturated rings. The molecule has 1 saturated heterocycles. The molecule has 0 bridgehead atoms. The first kappa shape index (κ1) is 74.1. The molecule has 458 valence electrons. The van der Waals surface area contributed by atoms with E-state index in [2.05, 4.69) is 80.8 Å². The average Bonchev–Trinajstić information content (AvgIpc) is 3.49. The van der Waals surface area contributed by atoms with Crippen molar-refractivity contribution in [1.82, 2.24) is 5.32 Å². The molecule has 79 heavy (non-hydrogen) atoms. The lowest BCUT2D eigenvalue weighted by molar-refractivity contribution is -0.305. The van der Waals surface area contributed by atoms with Crippen molar-refractivity contribution in [2.45, 2.75) is 333 Å². The van der Waals surface area contributed by atoms with Gasteiger partial charge in [0.1, 0.15) is 24.4 Å². The number of allylic oxidation sites excluding steroid dienone is 11. The number of unbranched alkanes of at least 4 members (excludes halogenated alkanes) is 33. The standard InChI is InChI=1S/C68H121NO10/c1-4-7-10-13-16-19-22-25-27-28-29-30-31-32-33-34-35-38-41-44-47-50-53-56-63(73)79-66-65(75)64(74)62(57-70)78-68(66)77-58-59(60(71)54-51-48-45-42-39-36-24-21-18-15-12-9-6-3)69-67(76)61(72)55-52-49-46-43-40-37-26-23-20-17-14-11-8-5-2/h8,11,14,16-17,19-20,23,25,27,51,54,59-62,64-66,68,70-72,74-75H,4-7,9-10,12-13,15,18,21-22,24,26,28-50,52-53,55-58H2,1-3H3,(H,69,76)/b11-8+,17-14+,19-16-,23-20+,27-25-,54-51+.